The number of halogens is 4. The summed E-state index contributed by atoms with van der Waals surface area (Å²) in [6.45, 7) is 1.85. The lowest BCUT2D eigenvalue weighted by Gasteiger charge is -2.11. The van der Waals surface area contributed by atoms with Gasteiger partial charge < -0.3 is 0 Å². The molecule has 1 saturated carbocycles. The first-order valence-corrected chi connectivity index (χ1v) is 5.76. The van der Waals surface area contributed by atoms with Gasteiger partial charge in [-0.05, 0) is 43.0 Å². The van der Waals surface area contributed by atoms with Gasteiger partial charge >= 0.3 is 6.18 Å². The Morgan fingerprint density at radius 3 is 2.39 bits per heavy atom. The van der Waals surface area contributed by atoms with Crippen molar-refractivity contribution in [1.82, 2.24) is 0 Å². The number of benzene rings is 1. The predicted octanol–water partition coefficient (Wildman–Crippen LogP) is 4.08. The molecule has 0 atom stereocenters. The Morgan fingerprint density at radius 1 is 1.22 bits per heavy atom. The summed E-state index contributed by atoms with van der Waals surface area (Å²) in [5.74, 6) is 4.26. The maximum absolute atomic E-state index is 13.2. The third-order valence-electron chi connectivity index (χ3n) is 3.10. The van der Waals surface area contributed by atoms with Crippen molar-refractivity contribution in [2.24, 2.45) is 5.41 Å². The van der Waals surface area contributed by atoms with E-state index in [2.05, 4.69) is 11.8 Å². The summed E-state index contributed by atoms with van der Waals surface area (Å²) < 4.78 is 51.1. The van der Waals surface area contributed by atoms with Crippen molar-refractivity contribution in [2.75, 3.05) is 0 Å². The van der Waals surface area contributed by atoms with E-state index in [9.17, 15) is 17.6 Å². The smallest absolute Gasteiger partial charge is 0.207 e. The number of aryl methyl sites for hydroxylation is 1. The highest BCUT2D eigenvalue weighted by atomic mass is 19.4. The van der Waals surface area contributed by atoms with Crippen molar-refractivity contribution in [3.8, 4) is 11.8 Å². The molecular weight excluding hydrogens is 244 g/mol. The molecule has 0 unspecified atom stereocenters. The van der Waals surface area contributed by atoms with Crippen molar-refractivity contribution in [1.29, 1.82) is 0 Å². The summed E-state index contributed by atoms with van der Waals surface area (Å²) in [5, 5.41) is 0. The zero-order valence-corrected chi connectivity index (χ0v) is 9.87. The Balaban J connectivity index is 2.28. The van der Waals surface area contributed by atoms with Gasteiger partial charge in [-0.25, -0.2) is 4.39 Å². The van der Waals surface area contributed by atoms with Crippen molar-refractivity contribution < 1.29 is 17.6 Å². The number of hydrogen-bond acceptors (Lipinski definition) is 0. The molecule has 0 spiro atoms. The minimum atomic E-state index is -4.29. The highest BCUT2D eigenvalue weighted by Gasteiger charge is 2.62. The van der Waals surface area contributed by atoms with Gasteiger partial charge in [0.05, 0.1) is 0 Å². The third kappa shape index (κ3) is 2.50. The van der Waals surface area contributed by atoms with Crippen LogP contribution in [0.25, 0.3) is 0 Å². The molecule has 1 aliphatic rings. The summed E-state index contributed by atoms with van der Waals surface area (Å²) in [6, 6.07) is 4.16. The zero-order valence-electron chi connectivity index (χ0n) is 9.87. The molecule has 1 aliphatic carbocycles. The van der Waals surface area contributed by atoms with Gasteiger partial charge in [0.25, 0.3) is 0 Å². The van der Waals surface area contributed by atoms with Gasteiger partial charge in [0.1, 0.15) is 11.2 Å². The van der Waals surface area contributed by atoms with Crippen molar-refractivity contribution >= 4 is 0 Å². The maximum Gasteiger partial charge on any atom is 0.405 e. The first kappa shape index (κ1) is 12.9. The minimum Gasteiger partial charge on any atom is -0.207 e. The van der Waals surface area contributed by atoms with Crippen LogP contribution in [0, 0.1) is 23.1 Å². The predicted molar refractivity (Wildman–Crippen MR) is 60.4 cm³/mol. The minimum absolute atomic E-state index is 0.0411. The fourth-order valence-corrected chi connectivity index (χ4v) is 1.72. The molecule has 0 saturated heterocycles. The first-order chi connectivity index (χ1) is 8.36. The van der Waals surface area contributed by atoms with Crippen LogP contribution in [0.5, 0.6) is 0 Å². The Morgan fingerprint density at radius 2 is 1.89 bits per heavy atom. The van der Waals surface area contributed by atoms with Gasteiger partial charge in [-0.1, -0.05) is 18.8 Å². The van der Waals surface area contributed by atoms with Gasteiger partial charge in [0, 0.05) is 5.56 Å². The summed E-state index contributed by atoms with van der Waals surface area (Å²) in [6.07, 6.45) is -3.59. The molecule has 2 rings (SSSR count). The van der Waals surface area contributed by atoms with Gasteiger partial charge in [0.2, 0.25) is 0 Å². The second-order valence-electron chi connectivity index (χ2n) is 4.53. The summed E-state index contributed by atoms with van der Waals surface area (Å²) in [7, 11) is 0. The standard InChI is InChI=1S/C14H12F4/c1-2-10-7-11(9-12(15)8-10)3-4-13(5-6-13)14(16,17)18/h7-9H,2,5-6H2,1H3. The Hall–Kier alpha value is -1.50. The molecule has 0 bridgehead atoms. The topological polar surface area (TPSA) is 0 Å². The monoisotopic (exact) mass is 256 g/mol. The Bertz CT molecular complexity index is 513. The van der Waals surface area contributed by atoms with Crippen LogP contribution in [-0.2, 0) is 6.42 Å². The Labute approximate surface area is 103 Å². The summed E-state index contributed by atoms with van der Waals surface area (Å²) >= 11 is 0. The normalized spacial score (nSPS) is 16.9. The lowest BCUT2D eigenvalue weighted by atomic mass is 10.1. The molecule has 4 heteroatoms. The van der Waals surface area contributed by atoms with Crippen LogP contribution in [0.15, 0.2) is 18.2 Å². The van der Waals surface area contributed by atoms with Crippen LogP contribution in [0.3, 0.4) is 0 Å². The molecule has 0 nitrogen and oxygen atoms in total. The fourth-order valence-electron chi connectivity index (χ4n) is 1.72. The first-order valence-electron chi connectivity index (χ1n) is 5.76. The van der Waals surface area contributed by atoms with E-state index in [1.807, 2.05) is 6.92 Å². The molecular formula is C14H12F4. The SMILES string of the molecule is CCc1cc(F)cc(C#CC2(C(F)(F)F)CC2)c1. The van der Waals surface area contributed by atoms with Gasteiger partial charge in [-0.2, -0.15) is 13.2 Å². The van der Waals surface area contributed by atoms with E-state index in [4.69, 9.17) is 0 Å². The lowest BCUT2D eigenvalue weighted by Crippen LogP contribution is -2.22. The molecule has 1 aromatic rings. The number of hydrogen-bond donors (Lipinski definition) is 0. The average molecular weight is 256 g/mol. The van der Waals surface area contributed by atoms with E-state index in [-0.39, 0.29) is 12.8 Å². The van der Waals surface area contributed by atoms with Crippen LogP contribution in [-0.4, -0.2) is 6.18 Å². The lowest BCUT2D eigenvalue weighted by molar-refractivity contribution is -0.168. The quantitative estimate of drug-likeness (QED) is 0.524. The van der Waals surface area contributed by atoms with Gasteiger partial charge in [-0.15, -0.1) is 0 Å². The van der Waals surface area contributed by atoms with Crippen molar-refractivity contribution in [3.05, 3.63) is 35.1 Å². The van der Waals surface area contributed by atoms with E-state index in [0.717, 1.165) is 5.56 Å². The van der Waals surface area contributed by atoms with E-state index in [0.29, 0.717) is 12.0 Å². The largest absolute Gasteiger partial charge is 0.405 e. The van der Waals surface area contributed by atoms with Gasteiger partial charge in [0.15, 0.2) is 0 Å². The highest BCUT2D eigenvalue weighted by molar-refractivity contribution is 5.40. The molecule has 96 valence electrons. The second kappa shape index (κ2) is 4.31. The summed E-state index contributed by atoms with van der Waals surface area (Å²) in [5.41, 5.74) is -0.815. The maximum atomic E-state index is 13.2. The van der Waals surface area contributed by atoms with E-state index < -0.39 is 17.4 Å². The van der Waals surface area contributed by atoms with Gasteiger partial charge in [-0.3, -0.25) is 0 Å². The van der Waals surface area contributed by atoms with E-state index >= 15 is 0 Å². The molecule has 0 aromatic heterocycles. The molecule has 1 aromatic carbocycles. The molecule has 0 radical (unpaired) electrons. The van der Waals surface area contributed by atoms with Crippen molar-refractivity contribution in [3.63, 3.8) is 0 Å². The fraction of sp³-hybridized carbons (Fsp3) is 0.429. The van der Waals surface area contributed by atoms with Crippen LogP contribution in [0.4, 0.5) is 17.6 Å². The molecule has 1 fully saturated rings. The average Bonchev–Trinajstić information content (AvgIpc) is 3.06. The van der Waals surface area contributed by atoms with Crippen LogP contribution >= 0.6 is 0 Å². The summed E-state index contributed by atoms with van der Waals surface area (Å²) in [4.78, 5) is 0. The zero-order chi connectivity index (χ0) is 13.4. The molecule has 0 heterocycles. The molecule has 0 aliphatic heterocycles. The highest BCUT2D eigenvalue weighted by Crippen LogP contribution is 2.57. The number of rotatable bonds is 1. The molecule has 0 amide bonds. The van der Waals surface area contributed by atoms with Crippen LogP contribution in [0.1, 0.15) is 30.9 Å². The third-order valence-corrected chi connectivity index (χ3v) is 3.10. The van der Waals surface area contributed by atoms with Crippen LogP contribution < -0.4 is 0 Å². The molecule has 0 N–H and O–H groups in total. The molecule has 18 heavy (non-hydrogen) atoms. The van der Waals surface area contributed by atoms with E-state index in [1.54, 1.807) is 6.07 Å². The van der Waals surface area contributed by atoms with Crippen LogP contribution in [0.2, 0.25) is 0 Å². The number of alkyl halides is 3. The second-order valence-corrected chi connectivity index (χ2v) is 4.53. The Kier molecular flexibility index (Phi) is 3.10. The van der Waals surface area contributed by atoms with Crippen molar-refractivity contribution in [2.45, 2.75) is 32.4 Å². The van der Waals surface area contributed by atoms with E-state index in [1.165, 1.54) is 12.1 Å².